The van der Waals surface area contributed by atoms with Crippen molar-refractivity contribution in [3.8, 4) is 0 Å². The molecule has 2 aromatic rings. The molecule has 0 spiro atoms. The minimum Gasteiger partial charge on any atom is -0.351 e. The van der Waals surface area contributed by atoms with Crippen LogP contribution in [-0.2, 0) is 11.3 Å². The van der Waals surface area contributed by atoms with Gasteiger partial charge in [0.05, 0.1) is 16.8 Å². The number of amides is 2. The molecule has 2 aliphatic heterocycles. The van der Waals surface area contributed by atoms with Crippen LogP contribution in [0.4, 0.5) is 0 Å². The molecule has 8 heteroatoms. The first-order chi connectivity index (χ1) is 16.0. The molecule has 2 fully saturated rings. The Bertz CT molecular complexity index is 1000. The summed E-state index contributed by atoms with van der Waals surface area (Å²) in [5.41, 5.74) is 0.911. The first-order valence-corrected chi connectivity index (χ1v) is 13.4. The number of hydrogen-bond donors (Lipinski definition) is 1. The van der Waals surface area contributed by atoms with E-state index in [1.165, 1.54) is 19.3 Å². The normalized spacial score (nSPS) is 25.5. The lowest BCUT2D eigenvalue weighted by Crippen LogP contribution is -2.65. The second-order valence-electron chi connectivity index (χ2n) is 10.3. The molecule has 0 unspecified atom stereocenters. The lowest BCUT2D eigenvalue weighted by Gasteiger charge is -2.45. The van der Waals surface area contributed by atoms with Crippen molar-refractivity contribution in [3.63, 3.8) is 0 Å². The fraction of sp³-hybridized carbons (Fsp3) is 0.680. The third-order valence-electron chi connectivity index (χ3n) is 7.93. The lowest BCUT2D eigenvalue weighted by atomic mass is 9.91. The molecule has 2 amide bonds. The number of hydrogen-bond acceptors (Lipinski definition) is 5. The zero-order valence-electron chi connectivity index (χ0n) is 20.0. The molecule has 33 heavy (non-hydrogen) atoms. The molecular weight excluding hydrogens is 434 g/mol. The number of likely N-dealkylation sites (N-methyl/N-ethyl adjacent to an activating group) is 1. The molecule has 4 heterocycles. The average molecular weight is 472 g/mol. The summed E-state index contributed by atoms with van der Waals surface area (Å²) < 4.78 is 3.19. The van der Waals surface area contributed by atoms with Crippen LogP contribution in [0.3, 0.4) is 0 Å². The summed E-state index contributed by atoms with van der Waals surface area (Å²) in [6, 6.07) is 4.31. The van der Waals surface area contributed by atoms with Crippen molar-refractivity contribution in [1.82, 2.24) is 24.6 Å². The van der Waals surface area contributed by atoms with E-state index >= 15 is 0 Å². The van der Waals surface area contributed by atoms with Crippen LogP contribution < -0.4 is 5.32 Å². The summed E-state index contributed by atoms with van der Waals surface area (Å²) in [5, 5.41) is 5.39. The second kappa shape index (κ2) is 9.39. The standard InChI is InChI=1S/C25H37N5O2S/c1-25(24(32)26-19-7-4-3-5-8-19)18-29-20-9-16-33-22(20)17-21(29)23(31)30(25)11-6-10-28-14-12-27(2)13-15-28/h9,16-17,19H,3-8,10-15,18H2,1-2H3,(H,26,32)/t25-/m0/s1. The number of aromatic nitrogens is 1. The van der Waals surface area contributed by atoms with Crippen LogP contribution in [0.5, 0.6) is 0 Å². The van der Waals surface area contributed by atoms with E-state index < -0.39 is 5.54 Å². The summed E-state index contributed by atoms with van der Waals surface area (Å²) >= 11 is 1.66. The number of fused-ring (bicyclic) bond motifs is 3. The monoisotopic (exact) mass is 471 g/mol. The van der Waals surface area contributed by atoms with Gasteiger partial charge < -0.3 is 24.6 Å². The van der Waals surface area contributed by atoms with E-state index in [1.807, 2.05) is 17.9 Å². The van der Waals surface area contributed by atoms with Gasteiger partial charge >= 0.3 is 0 Å². The fourth-order valence-electron chi connectivity index (χ4n) is 5.73. The van der Waals surface area contributed by atoms with Crippen molar-refractivity contribution in [1.29, 1.82) is 0 Å². The maximum atomic E-state index is 13.7. The highest BCUT2D eigenvalue weighted by atomic mass is 32.1. The molecule has 0 bridgehead atoms. The van der Waals surface area contributed by atoms with Crippen LogP contribution >= 0.6 is 11.3 Å². The summed E-state index contributed by atoms with van der Waals surface area (Å²) in [6.45, 7) is 8.39. The SMILES string of the molecule is CN1CCN(CCCN2C(=O)c3cc4sccc4n3C[C@@]2(C)C(=O)NC2CCCCC2)CC1. The molecule has 1 atom stereocenters. The Labute approximate surface area is 200 Å². The van der Waals surface area contributed by atoms with E-state index in [-0.39, 0.29) is 17.9 Å². The van der Waals surface area contributed by atoms with E-state index in [1.54, 1.807) is 11.3 Å². The maximum Gasteiger partial charge on any atom is 0.271 e. The zero-order valence-corrected chi connectivity index (χ0v) is 20.8. The number of carbonyl (C=O) groups excluding carboxylic acids is 2. The van der Waals surface area contributed by atoms with Crippen molar-refractivity contribution >= 4 is 33.4 Å². The van der Waals surface area contributed by atoms with Crippen molar-refractivity contribution < 1.29 is 9.59 Å². The van der Waals surface area contributed by atoms with E-state index in [9.17, 15) is 9.59 Å². The van der Waals surface area contributed by atoms with E-state index in [0.717, 1.165) is 67.9 Å². The molecule has 180 valence electrons. The van der Waals surface area contributed by atoms with Gasteiger partial charge in [-0.1, -0.05) is 19.3 Å². The molecule has 1 N–H and O–H groups in total. The van der Waals surface area contributed by atoms with Gasteiger partial charge in [-0.15, -0.1) is 11.3 Å². The van der Waals surface area contributed by atoms with Crippen LogP contribution in [0.2, 0.25) is 0 Å². The van der Waals surface area contributed by atoms with Gasteiger partial charge in [0.1, 0.15) is 11.2 Å². The topological polar surface area (TPSA) is 60.8 Å². The van der Waals surface area contributed by atoms with Gasteiger partial charge in [-0.3, -0.25) is 9.59 Å². The largest absolute Gasteiger partial charge is 0.351 e. The molecular formula is C25H37N5O2S. The molecule has 5 rings (SSSR count). The van der Waals surface area contributed by atoms with Crippen LogP contribution in [-0.4, -0.2) is 89.0 Å². The Balaban J connectivity index is 1.36. The number of nitrogens with one attached hydrogen (secondary N) is 1. The summed E-state index contributed by atoms with van der Waals surface area (Å²) in [7, 11) is 2.17. The summed E-state index contributed by atoms with van der Waals surface area (Å²) in [6.07, 6.45) is 6.57. The van der Waals surface area contributed by atoms with E-state index in [0.29, 0.717) is 13.1 Å². The number of rotatable bonds is 6. The highest BCUT2D eigenvalue weighted by Gasteiger charge is 2.48. The van der Waals surface area contributed by atoms with Gasteiger partial charge in [-0.2, -0.15) is 0 Å². The Morgan fingerprint density at radius 2 is 1.91 bits per heavy atom. The first kappa shape index (κ1) is 22.9. The highest BCUT2D eigenvalue weighted by molar-refractivity contribution is 7.17. The first-order valence-electron chi connectivity index (χ1n) is 12.6. The number of piperazine rings is 1. The predicted molar refractivity (Wildman–Crippen MR) is 133 cm³/mol. The lowest BCUT2D eigenvalue weighted by molar-refractivity contribution is -0.133. The molecule has 2 aromatic heterocycles. The third-order valence-corrected chi connectivity index (χ3v) is 8.78. The van der Waals surface area contributed by atoms with Crippen molar-refractivity contribution in [2.24, 2.45) is 0 Å². The molecule has 7 nitrogen and oxygen atoms in total. The molecule has 0 aromatic carbocycles. The van der Waals surface area contributed by atoms with Crippen molar-refractivity contribution in [2.45, 2.75) is 63.6 Å². The van der Waals surface area contributed by atoms with E-state index in [4.69, 9.17) is 0 Å². The minimum atomic E-state index is -0.877. The van der Waals surface area contributed by atoms with Gasteiger partial charge in [0, 0.05) is 38.8 Å². The molecule has 1 saturated carbocycles. The maximum absolute atomic E-state index is 13.7. The van der Waals surface area contributed by atoms with Crippen LogP contribution in [0.25, 0.3) is 10.2 Å². The van der Waals surface area contributed by atoms with Gasteiger partial charge in [0.25, 0.3) is 5.91 Å². The van der Waals surface area contributed by atoms with E-state index in [2.05, 4.69) is 38.2 Å². The highest BCUT2D eigenvalue weighted by Crippen LogP contribution is 2.34. The number of carbonyl (C=O) groups is 2. The molecule has 1 aliphatic carbocycles. The zero-order chi connectivity index (χ0) is 23.0. The minimum absolute atomic E-state index is 0.00470. The Kier molecular flexibility index (Phi) is 6.51. The van der Waals surface area contributed by atoms with Crippen LogP contribution in [0.1, 0.15) is 55.9 Å². The Morgan fingerprint density at radius 1 is 1.15 bits per heavy atom. The van der Waals surface area contributed by atoms with Gasteiger partial charge in [0.15, 0.2) is 0 Å². The number of nitrogens with zero attached hydrogens (tertiary/aromatic N) is 4. The van der Waals surface area contributed by atoms with Crippen molar-refractivity contribution in [3.05, 3.63) is 23.2 Å². The van der Waals surface area contributed by atoms with Crippen LogP contribution in [0, 0.1) is 0 Å². The van der Waals surface area contributed by atoms with Crippen LogP contribution in [0.15, 0.2) is 17.5 Å². The average Bonchev–Trinajstić information content (AvgIpc) is 3.40. The smallest absolute Gasteiger partial charge is 0.271 e. The fourth-order valence-corrected chi connectivity index (χ4v) is 6.56. The molecule has 1 saturated heterocycles. The molecule has 0 radical (unpaired) electrons. The van der Waals surface area contributed by atoms with Gasteiger partial charge in [-0.05, 0) is 57.3 Å². The summed E-state index contributed by atoms with van der Waals surface area (Å²) in [4.78, 5) is 34.2. The Morgan fingerprint density at radius 3 is 2.67 bits per heavy atom. The van der Waals surface area contributed by atoms with Crippen molar-refractivity contribution in [2.75, 3.05) is 46.3 Å². The van der Waals surface area contributed by atoms with Gasteiger partial charge in [0.2, 0.25) is 5.91 Å². The second-order valence-corrected chi connectivity index (χ2v) is 11.3. The predicted octanol–water partition coefficient (Wildman–Crippen LogP) is 3.00. The quantitative estimate of drug-likeness (QED) is 0.704. The number of thiophene rings is 1. The third kappa shape index (κ3) is 4.45. The Hall–Kier alpha value is -1.90. The molecule has 3 aliphatic rings. The van der Waals surface area contributed by atoms with Gasteiger partial charge in [-0.25, -0.2) is 0 Å². The summed E-state index contributed by atoms with van der Waals surface area (Å²) in [5.74, 6) is -0.00519.